The van der Waals surface area contributed by atoms with Crippen LogP contribution in [0.5, 0.6) is 5.75 Å². The summed E-state index contributed by atoms with van der Waals surface area (Å²) >= 11 is 7.78. The van der Waals surface area contributed by atoms with Crippen molar-refractivity contribution in [2.45, 2.75) is 90.8 Å². The highest BCUT2D eigenvalue weighted by molar-refractivity contribution is 7.13. The lowest BCUT2D eigenvalue weighted by Crippen LogP contribution is -2.74. The summed E-state index contributed by atoms with van der Waals surface area (Å²) in [5.41, 5.74) is 4.38. The van der Waals surface area contributed by atoms with E-state index in [4.69, 9.17) is 21.1 Å². The van der Waals surface area contributed by atoms with Crippen molar-refractivity contribution in [1.82, 2.24) is 35.7 Å². The third kappa shape index (κ3) is 11.7. The number of anilines is 1. The van der Waals surface area contributed by atoms with Gasteiger partial charge in [-0.25, -0.2) is 9.97 Å². The zero-order valence-electron chi connectivity index (χ0n) is 39.9. The number of aryl methyl sites for hydroxylation is 1. The van der Waals surface area contributed by atoms with Gasteiger partial charge in [0.05, 0.1) is 57.6 Å². The van der Waals surface area contributed by atoms with Crippen LogP contribution < -0.4 is 25.6 Å². The molecule has 69 heavy (non-hydrogen) atoms. The molecule has 0 spiro atoms. The average Bonchev–Trinajstić information content (AvgIpc) is 3.87. The van der Waals surface area contributed by atoms with E-state index in [1.807, 2.05) is 37.3 Å². The molecule has 17 nitrogen and oxygen atoms in total. The average molecular weight is 985 g/mol. The third-order valence-electron chi connectivity index (χ3n) is 13.6. The van der Waals surface area contributed by atoms with Crippen molar-refractivity contribution in [1.29, 1.82) is 5.26 Å². The Kier molecular flexibility index (Phi) is 16.3. The molecular formula is C50H62ClN9O8S. The summed E-state index contributed by atoms with van der Waals surface area (Å²) in [7, 11) is 0. The molecule has 2 aromatic heterocycles. The van der Waals surface area contributed by atoms with Gasteiger partial charge in [-0.05, 0) is 62.2 Å². The van der Waals surface area contributed by atoms with Crippen LogP contribution >= 0.6 is 22.9 Å². The molecule has 1 aliphatic carbocycles. The maximum Gasteiger partial charge on any atom is 0.253 e. The number of halogens is 1. The Morgan fingerprint density at radius 1 is 1.00 bits per heavy atom. The normalized spacial score (nSPS) is 21.8. The van der Waals surface area contributed by atoms with Crippen LogP contribution in [0.3, 0.4) is 0 Å². The van der Waals surface area contributed by atoms with Crippen LogP contribution in [0.1, 0.15) is 80.7 Å². The Labute approximate surface area is 412 Å². The molecule has 19 heteroatoms. The number of carbonyl (C=O) groups excluding carboxylic acids is 4. The molecule has 7 rings (SSSR count). The van der Waals surface area contributed by atoms with Crippen LogP contribution in [0.4, 0.5) is 5.82 Å². The predicted molar refractivity (Wildman–Crippen MR) is 262 cm³/mol. The second-order valence-electron chi connectivity index (χ2n) is 19.3. The minimum atomic E-state index is -0.986. The molecule has 4 aromatic rings. The second kappa shape index (κ2) is 22.0. The number of benzene rings is 2. The van der Waals surface area contributed by atoms with Gasteiger partial charge in [-0.1, -0.05) is 63.6 Å². The molecule has 0 radical (unpaired) electrons. The van der Waals surface area contributed by atoms with E-state index in [2.05, 4.69) is 69.5 Å². The Morgan fingerprint density at radius 2 is 1.75 bits per heavy atom. The zero-order chi connectivity index (χ0) is 49.6. The van der Waals surface area contributed by atoms with Gasteiger partial charge in [0.1, 0.15) is 42.4 Å². The number of hydrogen-bond acceptors (Lipinski definition) is 14. The van der Waals surface area contributed by atoms with Crippen molar-refractivity contribution in [3.05, 3.63) is 93.7 Å². The molecule has 4 heterocycles. The molecule has 2 aromatic carbocycles. The largest absolute Gasteiger partial charge is 0.489 e. The standard InChI is InChI=1S/C50H62ClN9O8S/c1-30-43(69-29-54-30)33-10-8-32(9-11-33)39(27-61)56-45(65)40-22-36(62)26-60(40)46(66)31(2)55-42(63)28-67-21-20-58-16-7-17-59(19-18-58)41-15-13-35(25-53-41)44(64)57-47-49(3,4)48(50(47,5)6)68-37-14-12-34(24-52)38(51)23-37/h8-15,23,25,29,31,36,39-40,47-48,61-62H,7,16-22,26-28H2,1-6H3,(H,55,63)(H,56,65)(H,57,64)/t31-,36+,39-,40-,47-,48-/m0/s1. The van der Waals surface area contributed by atoms with Crippen LogP contribution in [0.2, 0.25) is 5.02 Å². The van der Waals surface area contributed by atoms with Crippen molar-refractivity contribution in [2.75, 3.05) is 64.0 Å². The number of likely N-dealkylation sites (tertiary alicyclic amines) is 1. The quantitative estimate of drug-likeness (QED) is 0.0922. The number of amides is 4. The lowest BCUT2D eigenvalue weighted by atomic mass is 9.49. The number of aliphatic hydroxyl groups is 2. The van der Waals surface area contributed by atoms with Crippen LogP contribution in [0, 0.1) is 29.1 Å². The predicted octanol–water partition coefficient (Wildman–Crippen LogP) is 4.50. The van der Waals surface area contributed by atoms with Crippen LogP contribution in [-0.2, 0) is 19.1 Å². The van der Waals surface area contributed by atoms with Crippen LogP contribution in [0.15, 0.2) is 66.3 Å². The highest BCUT2D eigenvalue weighted by atomic mass is 35.5. The van der Waals surface area contributed by atoms with Gasteiger partial charge < -0.3 is 45.4 Å². The molecule has 2 saturated heterocycles. The van der Waals surface area contributed by atoms with Gasteiger partial charge in [0.15, 0.2) is 0 Å². The summed E-state index contributed by atoms with van der Waals surface area (Å²) < 4.78 is 12.1. The summed E-state index contributed by atoms with van der Waals surface area (Å²) in [5.74, 6) is -0.379. The third-order valence-corrected chi connectivity index (χ3v) is 14.9. The summed E-state index contributed by atoms with van der Waals surface area (Å²) in [6.07, 6.45) is 1.36. The minimum absolute atomic E-state index is 0.0239. The number of aliphatic hydroxyl groups excluding tert-OH is 2. The van der Waals surface area contributed by atoms with Gasteiger partial charge in [-0.2, -0.15) is 5.26 Å². The first-order valence-electron chi connectivity index (χ1n) is 23.3. The molecule has 4 atom stereocenters. The summed E-state index contributed by atoms with van der Waals surface area (Å²) in [5, 5.41) is 39.0. The minimum Gasteiger partial charge on any atom is -0.489 e. The molecule has 1 saturated carbocycles. The number of nitrogens with zero attached hydrogens (tertiary/aromatic N) is 6. The number of β-amino-alcohol motifs (C(OH)–C–C–N with tert-alkyl or cyclic N) is 1. The van der Waals surface area contributed by atoms with Crippen molar-refractivity contribution in [3.8, 4) is 22.3 Å². The number of nitrogens with one attached hydrogen (secondary N) is 3. The fourth-order valence-corrected chi connectivity index (χ4v) is 11.2. The fourth-order valence-electron chi connectivity index (χ4n) is 10.1. The Morgan fingerprint density at radius 3 is 2.41 bits per heavy atom. The number of ether oxygens (including phenoxy) is 2. The van der Waals surface area contributed by atoms with Gasteiger partial charge in [-0.3, -0.25) is 24.1 Å². The fraction of sp³-hybridized carbons (Fsp3) is 0.500. The second-order valence-corrected chi connectivity index (χ2v) is 20.5. The molecule has 2 aliphatic heterocycles. The number of nitriles is 1. The number of pyridine rings is 1. The molecule has 0 unspecified atom stereocenters. The number of hydrogen-bond donors (Lipinski definition) is 5. The van der Waals surface area contributed by atoms with E-state index in [0.29, 0.717) is 47.2 Å². The van der Waals surface area contributed by atoms with Crippen molar-refractivity contribution in [2.24, 2.45) is 10.8 Å². The Balaban J connectivity index is 0.815. The van der Waals surface area contributed by atoms with Gasteiger partial charge in [-0.15, -0.1) is 11.3 Å². The SMILES string of the molecule is Cc1ncsc1-c1ccc([C@H](CO)NC(=O)[C@@H]2C[C@@H](O)CN2C(=O)[C@H](C)NC(=O)COCCN2CCCN(c3ccc(C(=O)N[C@H]4C(C)(C)[C@H](Oc5ccc(C#N)c(Cl)c5)C4(C)C)cn3)CC2)cc1. The number of aromatic nitrogens is 2. The van der Waals surface area contributed by atoms with E-state index in [1.54, 1.807) is 36.0 Å². The van der Waals surface area contributed by atoms with Crippen molar-refractivity contribution < 1.29 is 38.9 Å². The Hall–Kier alpha value is -5.68. The van der Waals surface area contributed by atoms with Crippen LogP contribution in [0.25, 0.3) is 10.4 Å². The van der Waals surface area contributed by atoms with E-state index >= 15 is 0 Å². The van der Waals surface area contributed by atoms with Gasteiger partial charge in [0.25, 0.3) is 5.91 Å². The molecule has 3 aliphatic rings. The summed E-state index contributed by atoms with van der Waals surface area (Å²) in [6, 6.07) is 15.3. The Bertz CT molecular complexity index is 2500. The highest BCUT2D eigenvalue weighted by Crippen LogP contribution is 2.55. The van der Waals surface area contributed by atoms with E-state index < -0.39 is 52.8 Å². The van der Waals surface area contributed by atoms with E-state index in [9.17, 15) is 34.7 Å². The summed E-state index contributed by atoms with van der Waals surface area (Å²) in [4.78, 5) is 69.1. The van der Waals surface area contributed by atoms with E-state index in [0.717, 1.165) is 48.0 Å². The highest BCUT2D eigenvalue weighted by Gasteiger charge is 2.64. The van der Waals surface area contributed by atoms with Gasteiger partial charge >= 0.3 is 0 Å². The molecule has 5 N–H and O–H groups in total. The maximum absolute atomic E-state index is 13.5. The molecular weight excluding hydrogens is 922 g/mol. The molecule has 3 fully saturated rings. The lowest BCUT2D eigenvalue weighted by molar-refractivity contribution is -0.164. The zero-order valence-corrected chi connectivity index (χ0v) is 41.5. The smallest absolute Gasteiger partial charge is 0.253 e. The molecule has 368 valence electrons. The maximum atomic E-state index is 13.5. The first-order chi connectivity index (χ1) is 32.9. The number of rotatable bonds is 17. The van der Waals surface area contributed by atoms with Gasteiger partial charge in [0.2, 0.25) is 17.7 Å². The molecule has 0 bridgehead atoms. The first-order valence-corrected chi connectivity index (χ1v) is 24.5. The first kappa shape index (κ1) is 51.2. The van der Waals surface area contributed by atoms with Gasteiger partial charge in [0, 0.05) is 68.3 Å². The lowest BCUT2D eigenvalue weighted by Gasteiger charge is -2.63. The van der Waals surface area contributed by atoms with Crippen LogP contribution in [-0.4, -0.2) is 143 Å². The summed E-state index contributed by atoms with van der Waals surface area (Å²) in [6.45, 7) is 14.9. The van der Waals surface area contributed by atoms with Crippen molar-refractivity contribution in [3.63, 3.8) is 0 Å². The van der Waals surface area contributed by atoms with E-state index in [-0.39, 0.29) is 44.2 Å². The van der Waals surface area contributed by atoms with E-state index in [1.165, 1.54) is 23.2 Å². The molecule has 4 amide bonds. The number of thiazole rings is 1. The van der Waals surface area contributed by atoms with Crippen molar-refractivity contribution >= 4 is 52.4 Å². The topological polar surface area (TPSA) is 223 Å². The monoisotopic (exact) mass is 983 g/mol. The number of carbonyl (C=O) groups is 4.